The number of likely N-dealkylation sites (tertiary alicyclic amines) is 1. The van der Waals surface area contributed by atoms with Gasteiger partial charge < -0.3 is 19.7 Å². The van der Waals surface area contributed by atoms with Crippen molar-refractivity contribution in [1.82, 2.24) is 20.0 Å². The van der Waals surface area contributed by atoms with E-state index in [1.807, 2.05) is 49.5 Å². The molecule has 0 bridgehead atoms. The van der Waals surface area contributed by atoms with Crippen LogP contribution in [0.2, 0.25) is 0 Å². The lowest BCUT2D eigenvalue weighted by Gasteiger charge is -2.32. The Labute approximate surface area is 203 Å². The number of aromatic nitrogens is 2. The van der Waals surface area contributed by atoms with Crippen LogP contribution in [0.1, 0.15) is 35.0 Å². The van der Waals surface area contributed by atoms with E-state index in [4.69, 9.17) is 4.42 Å². The molecule has 0 spiro atoms. The Hall–Kier alpha value is -3.56. The zero-order chi connectivity index (χ0) is 24.5. The number of aryl methyl sites for hydroxylation is 1. The molecule has 2 N–H and O–H groups in total. The van der Waals surface area contributed by atoms with Crippen LogP contribution in [0.15, 0.2) is 46.9 Å². The van der Waals surface area contributed by atoms with Gasteiger partial charge in [-0.1, -0.05) is 24.3 Å². The van der Waals surface area contributed by atoms with E-state index in [9.17, 15) is 14.7 Å². The van der Waals surface area contributed by atoms with Crippen molar-refractivity contribution >= 4 is 17.5 Å². The molecule has 2 amide bonds. The number of β-amino-alcohol motifs (C(OH)–C–C–N with tert-alkyl or cyclic N) is 1. The molecule has 182 valence electrons. The largest absolute Gasteiger partial charge is 0.421 e. The summed E-state index contributed by atoms with van der Waals surface area (Å²) in [4.78, 5) is 29.1. The van der Waals surface area contributed by atoms with Gasteiger partial charge in [-0.3, -0.25) is 14.5 Å². The van der Waals surface area contributed by atoms with Crippen LogP contribution in [0, 0.1) is 6.92 Å². The van der Waals surface area contributed by atoms with Gasteiger partial charge in [-0.2, -0.15) is 0 Å². The average Bonchev–Trinajstić information content (AvgIpc) is 3.56. The SMILES string of the molecule is Cc1nnc(-c2cccc([C@@H](CN3CC[C@H](O)C3)N(C)C(=O)Cc3ccc4c(c3)NC(=O)C4)c2)o1. The molecule has 0 aliphatic carbocycles. The maximum absolute atomic E-state index is 13.4. The van der Waals surface area contributed by atoms with Crippen LogP contribution in [0.5, 0.6) is 0 Å². The quantitative estimate of drug-likeness (QED) is 0.539. The van der Waals surface area contributed by atoms with Crippen LogP contribution < -0.4 is 5.32 Å². The molecule has 2 atom stereocenters. The number of aliphatic hydroxyl groups excluding tert-OH is 1. The third kappa shape index (κ3) is 5.11. The van der Waals surface area contributed by atoms with Crippen molar-refractivity contribution in [3.63, 3.8) is 0 Å². The van der Waals surface area contributed by atoms with E-state index < -0.39 is 0 Å². The highest BCUT2D eigenvalue weighted by atomic mass is 16.4. The van der Waals surface area contributed by atoms with Crippen LogP contribution in [0.4, 0.5) is 5.69 Å². The van der Waals surface area contributed by atoms with Gasteiger partial charge in [0, 0.05) is 44.9 Å². The number of nitrogens with one attached hydrogen (secondary N) is 1. The van der Waals surface area contributed by atoms with Crippen molar-refractivity contribution in [2.45, 2.75) is 38.3 Å². The second-order valence-corrected chi connectivity index (χ2v) is 9.37. The molecule has 2 aliphatic rings. The number of anilines is 1. The highest BCUT2D eigenvalue weighted by molar-refractivity contribution is 5.99. The second-order valence-electron chi connectivity index (χ2n) is 9.37. The van der Waals surface area contributed by atoms with Crippen molar-refractivity contribution < 1.29 is 19.1 Å². The molecule has 1 saturated heterocycles. The molecular weight excluding hydrogens is 446 g/mol. The van der Waals surface area contributed by atoms with Gasteiger partial charge in [0.15, 0.2) is 0 Å². The van der Waals surface area contributed by atoms with Gasteiger partial charge in [-0.25, -0.2) is 0 Å². The molecule has 9 heteroatoms. The Morgan fingerprint density at radius 3 is 2.89 bits per heavy atom. The van der Waals surface area contributed by atoms with Crippen LogP contribution in [-0.4, -0.2) is 69.7 Å². The summed E-state index contributed by atoms with van der Waals surface area (Å²) in [6.07, 6.45) is 0.989. The Kier molecular flexibility index (Phi) is 6.36. The van der Waals surface area contributed by atoms with Crippen molar-refractivity contribution in [3.05, 3.63) is 65.0 Å². The highest BCUT2D eigenvalue weighted by Gasteiger charge is 2.29. The van der Waals surface area contributed by atoms with Gasteiger partial charge in [0.25, 0.3) is 0 Å². The number of rotatable bonds is 7. The summed E-state index contributed by atoms with van der Waals surface area (Å²) in [6, 6.07) is 13.3. The number of carbonyl (C=O) groups excluding carboxylic acids is 2. The molecule has 1 aromatic heterocycles. The average molecular weight is 476 g/mol. The number of benzene rings is 2. The minimum atomic E-state index is -0.342. The summed E-state index contributed by atoms with van der Waals surface area (Å²) in [5, 5.41) is 20.9. The number of amides is 2. The maximum atomic E-state index is 13.4. The van der Waals surface area contributed by atoms with E-state index in [-0.39, 0.29) is 30.4 Å². The van der Waals surface area contributed by atoms with Crippen molar-refractivity contribution in [2.24, 2.45) is 0 Å². The topological polar surface area (TPSA) is 112 Å². The molecule has 3 heterocycles. The minimum Gasteiger partial charge on any atom is -0.421 e. The Bertz CT molecular complexity index is 1260. The molecule has 2 aliphatic heterocycles. The summed E-state index contributed by atoms with van der Waals surface area (Å²) >= 11 is 0. The predicted octanol–water partition coefficient (Wildman–Crippen LogP) is 2.35. The summed E-state index contributed by atoms with van der Waals surface area (Å²) in [7, 11) is 1.82. The van der Waals surface area contributed by atoms with Crippen LogP contribution >= 0.6 is 0 Å². The van der Waals surface area contributed by atoms with Crippen LogP contribution in [0.25, 0.3) is 11.5 Å². The third-order valence-corrected chi connectivity index (χ3v) is 6.74. The van der Waals surface area contributed by atoms with E-state index in [2.05, 4.69) is 20.4 Å². The summed E-state index contributed by atoms with van der Waals surface area (Å²) in [6.45, 7) is 3.73. The normalized spacial score (nSPS) is 18.4. The smallest absolute Gasteiger partial charge is 0.247 e. The number of hydrogen-bond acceptors (Lipinski definition) is 7. The van der Waals surface area contributed by atoms with Gasteiger partial charge in [-0.15, -0.1) is 10.2 Å². The van der Waals surface area contributed by atoms with Gasteiger partial charge in [0.2, 0.25) is 23.6 Å². The summed E-state index contributed by atoms with van der Waals surface area (Å²) in [5.74, 6) is 0.877. The lowest BCUT2D eigenvalue weighted by atomic mass is 10.0. The van der Waals surface area contributed by atoms with E-state index in [0.717, 1.165) is 40.9 Å². The molecule has 3 aromatic rings. The fourth-order valence-electron chi connectivity index (χ4n) is 4.81. The Morgan fingerprint density at radius 1 is 1.29 bits per heavy atom. The fourth-order valence-corrected chi connectivity index (χ4v) is 4.81. The molecule has 35 heavy (non-hydrogen) atoms. The molecule has 9 nitrogen and oxygen atoms in total. The van der Waals surface area contributed by atoms with E-state index in [0.29, 0.717) is 31.3 Å². The third-order valence-electron chi connectivity index (χ3n) is 6.74. The summed E-state index contributed by atoms with van der Waals surface area (Å²) in [5.41, 5.74) is 4.35. The molecule has 0 unspecified atom stereocenters. The molecular formula is C26H29N5O4. The number of likely N-dealkylation sites (N-methyl/N-ethyl adjacent to an activating group) is 1. The lowest BCUT2D eigenvalue weighted by Crippen LogP contribution is -2.39. The number of aliphatic hydroxyl groups is 1. The first-order chi connectivity index (χ1) is 16.9. The number of nitrogens with zero attached hydrogens (tertiary/aromatic N) is 4. The van der Waals surface area contributed by atoms with Crippen LogP contribution in [0.3, 0.4) is 0 Å². The second kappa shape index (κ2) is 9.59. The van der Waals surface area contributed by atoms with E-state index in [1.165, 1.54) is 0 Å². The predicted molar refractivity (Wildman–Crippen MR) is 130 cm³/mol. The van der Waals surface area contributed by atoms with Gasteiger partial charge >= 0.3 is 0 Å². The van der Waals surface area contributed by atoms with Crippen molar-refractivity contribution in [1.29, 1.82) is 0 Å². The zero-order valence-electron chi connectivity index (χ0n) is 19.9. The van der Waals surface area contributed by atoms with Gasteiger partial charge in [0.05, 0.1) is 25.0 Å². The number of carbonyl (C=O) groups is 2. The standard InChI is InChI=1S/C26H29N5O4/c1-16-28-29-26(35-16)20-5-3-4-19(12-20)23(15-31-9-8-21(32)14-31)30(2)25(34)11-17-6-7-18-13-24(33)27-22(18)10-17/h3-7,10,12,21,23,32H,8-9,11,13-15H2,1-2H3,(H,27,33)/t21-,23+/m0/s1. The monoisotopic (exact) mass is 475 g/mol. The minimum absolute atomic E-state index is 0.0234. The molecule has 5 rings (SSSR count). The van der Waals surface area contributed by atoms with E-state index >= 15 is 0 Å². The number of fused-ring (bicyclic) bond motifs is 1. The van der Waals surface area contributed by atoms with Gasteiger partial charge in [-0.05, 0) is 41.3 Å². The lowest BCUT2D eigenvalue weighted by molar-refractivity contribution is -0.131. The summed E-state index contributed by atoms with van der Waals surface area (Å²) < 4.78 is 5.61. The fraction of sp³-hybridized carbons (Fsp3) is 0.385. The highest BCUT2D eigenvalue weighted by Crippen LogP contribution is 2.29. The first-order valence-corrected chi connectivity index (χ1v) is 11.8. The Morgan fingerprint density at radius 2 is 2.14 bits per heavy atom. The van der Waals surface area contributed by atoms with Gasteiger partial charge in [0.1, 0.15) is 0 Å². The van der Waals surface area contributed by atoms with E-state index in [1.54, 1.807) is 11.8 Å². The first kappa shape index (κ1) is 23.2. The maximum Gasteiger partial charge on any atom is 0.247 e. The first-order valence-electron chi connectivity index (χ1n) is 11.8. The number of hydrogen-bond donors (Lipinski definition) is 2. The molecule has 1 fully saturated rings. The van der Waals surface area contributed by atoms with Crippen molar-refractivity contribution in [2.75, 3.05) is 32.0 Å². The Balaban J connectivity index is 1.39. The molecule has 0 saturated carbocycles. The van der Waals surface area contributed by atoms with Crippen molar-refractivity contribution in [3.8, 4) is 11.5 Å². The molecule has 2 aromatic carbocycles. The molecule has 0 radical (unpaired) electrons. The van der Waals surface area contributed by atoms with Crippen LogP contribution in [-0.2, 0) is 22.4 Å². The zero-order valence-corrected chi connectivity index (χ0v) is 19.9.